The molecular formula is C17H30ClN5O. The van der Waals surface area contributed by atoms with Crippen LogP contribution in [0.5, 0.6) is 0 Å². The van der Waals surface area contributed by atoms with Crippen LogP contribution in [-0.4, -0.2) is 52.6 Å². The second-order valence-corrected chi connectivity index (χ2v) is 6.82. The molecule has 0 radical (unpaired) electrons. The Kier molecular flexibility index (Phi) is 6.66. The molecule has 2 aliphatic rings. The third-order valence-corrected chi connectivity index (χ3v) is 5.39. The first-order valence-corrected chi connectivity index (χ1v) is 8.90. The highest BCUT2D eigenvalue weighted by Crippen LogP contribution is 2.55. The van der Waals surface area contributed by atoms with Crippen molar-refractivity contribution in [1.29, 1.82) is 0 Å². The number of aromatic nitrogens is 2. The molecule has 1 unspecified atom stereocenters. The van der Waals surface area contributed by atoms with Crippen LogP contribution in [0.3, 0.4) is 0 Å². The average molecular weight is 356 g/mol. The summed E-state index contributed by atoms with van der Waals surface area (Å²) < 4.78 is 2.17. The Hall–Kier alpha value is -1.11. The monoisotopic (exact) mass is 355 g/mol. The molecule has 1 amide bonds. The fourth-order valence-electron chi connectivity index (χ4n) is 3.98. The van der Waals surface area contributed by atoms with Crippen molar-refractivity contribution in [3.05, 3.63) is 18.2 Å². The fraction of sp³-hybridized carbons (Fsp3) is 0.765. The Morgan fingerprint density at radius 1 is 1.46 bits per heavy atom. The van der Waals surface area contributed by atoms with Crippen LogP contribution in [-0.2, 0) is 17.9 Å². The van der Waals surface area contributed by atoms with E-state index >= 15 is 0 Å². The first-order chi connectivity index (χ1) is 11.2. The second kappa shape index (κ2) is 8.32. The Morgan fingerprint density at radius 2 is 2.21 bits per heavy atom. The maximum absolute atomic E-state index is 12.1. The maximum atomic E-state index is 12.1. The normalized spacial score (nSPS) is 21.5. The number of imidazole rings is 1. The smallest absolute Gasteiger partial charge is 0.234 e. The highest BCUT2D eigenvalue weighted by atomic mass is 35.5. The lowest BCUT2D eigenvalue weighted by atomic mass is 9.93. The lowest BCUT2D eigenvalue weighted by Gasteiger charge is -2.29. The topological polar surface area (TPSA) is 62.2 Å². The number of carbonyl (C=O) groups is 1. The molecule has 0 bridgehead atoms. The highest BCUT2D eigenvalue weighted by Gasteiger charge is 2.56. The molecule has 1 saturated carbocycles. The number of carbonyl (C=O) groups excluding carboxylic acids is 1. The molecule has 1 aliphatic carbocycles. The van der Waals surface area contributed by atoms with Crippen molar-refractivity contribution in [2.45, 2.75) is 52.2 Å². The van der Waals surface area contributed by atoms with Gasteiger partial charge >= 0.3 is 0 Å². The van der Waals surface area contributed by atoms with Crippen LogP contribution in [0, 0.1) is 5.41 Å². The van der Waals surface area contributed by atoms with Crippen LogP contribution in [0.15, 0.2) is 12.4 Å². The van der Waals surface area contributed by atoms with E-state index in [0.29, 0.717) is 24.5 Å². The molecule has 2 N–H and O–H groups in total. The van der Waals surface area contributed by atoms with Gasteiger partial charge in [0.15, 0.2) is 0 Å². The van der Waals surface area contributed by atoms with Gasteiger partial charge in [-0.05, 0) is 51.6 Å². The zero-order chi connectivity index (χ0) is 16.3. The number of hydrogen-bond acceptors (Lipinski definition) is 4. The van der Waals surface area contributed by atoms with Crippen molar-refractivity contribution in [3.8, 4) is 0 Å². The number of halogens is 1. The number of piperidine rings is 1. The zero-order valence-electron chi connectivity index (χ0n) is 14.8. The molecule has 2 heterocycles. The summed E-state index contributed by atoms with van der Waals surface area (Å²) in [6.45, 7) is 9.16. The van der Waals surface area contributed by atoms with E-state index in [9.17, 15) is 4.79 Å². The van der Waals surface area contributed by atoms with E-state index < -0.39 is 0 Å². The van der Waals surface area contributed by atoms with Crippen molar-refractivity contribution in [2.24, 2.45) is 5.41 Å². The number of nitrogens with zero attached hydrogens (tertiary/aromatic N) is 3. The van der Waals surface area contributed by atoms with Gasteiger partial charge in [0.05, 0.1) is 13.1 Å². The molecule has 1 spiro atoms. The summed E-state index contributed by atoms with van der Waals surface area (Å²) in [4.78, 5) is 19.0. The van der Waals surface area contributed by atoms with Gasteiger partial charge in [-0.25, -0.2) is 4.98 Å². The first kappa shape index (κ1) is 19.2. The van der Waals surface area contributed by atoms with Gasteiger partial charge in [0, 0.05) is 31.5 Å². The van der Waals surface area contributed by atoms with Crippen molar-refractivity contribution in [3.63, 3.8) is 0 Å². The van der Waals surface area contributed by atoms with E-state index in [2.05, 4.69) is 32.0 Å². The predicted octanol–water partition coefficient (Wildman–Crippen LogP) is 1.40. The maximum Gasteiger partial charge on any atom is 0.234 e. The summed E-state index contributed by atoms with van der Waals surface area (Å²) in [6.07, 6.45) is 7.56. The molecule has 1 aliphatic heterocycles. The Labute approximate surface area is 150 Å². The summed E-state index contributed by atoms with van der Waals surface area (Å²) in [5.74, 6) is 1.19. The molecule has 136 valence electrons. The van der Waals surface area contributed by atoms with Crippen LogP contribution >= 0.6 is 12.4 Å². The Bertz CT molecular complexity index is 541. The van der Waals surface area contributed by atoms with Gasteiger partial charge in [0.25, 0.3) is 0 Å². The third-order valence-electron chi connectivity index (χ3n) is 5.39. The minimum atomic E-state index is 0. The van der Waals surface area contributed by atoms with Gasteiger partial charge in [-0.3, -0.25) is 9.69 Å². The molecule has 1 atom stereocenters. The van der Waals surface area contributed by atoms with Crippen molar-refractivity contribution < 1.29 is 4.79 Å². The molecule has 24 heavy (non-hydrogen) atoms. The lowest BCUT2D eigenvalue weighted by Crippen LogP contribution is -2.42. The summed E-state index contributed by atoms with van der Waals surface area (Å²) in [5.41, 5.74) is 0.432. The zero-order valence-corrected chi connectivity index (χ0v) is 15.6. The Balaban J connectivity index is 0.00000208. The number of nitrogens with one attached hydrogen (secondary N) is 2. The summed E-state index contributed by atoms with van der Waals surface area (Å²) in [6, 6.07) is 0.522. The van der Waals surface area contributed by atoms with Gasteiger partial charge in [-0.15, -0.1) is 12.4 Å². The van der Waals surface area contributed by atoms with Crippen LogP contribution in [0.25, 0.3) is 0 Å². The minimum Gasteiger partial charge on any atom is -0.355 e. The molecule has 1 saturated heterocycles. The average Bonchev–Trinajstić information content (AvgIpc) is 3.04. The van der Waals surface area contributed by atoms with E-state index in [4.69, 9.17) is 0 Å². The van der Waals surface area contributed by atoms with Gasteiger partial charge < -0.3 is 15.2 Å². The van der Waals surface area contributed by atoms with E-state index in [0.717, 1.165) is 32.0 Å². The van der Waals surface area contributed by atoms with E-state index in [-0.39, 0.29) is 18.3 Å². The van der Waals surface area contributed by atoms with E-state index in [1.54, 1.807) is 0 Å². The van der Waals surface area contributed by atoms with Crippen molar-refractivity contribution >= 4 is 18.3 Å². The van der Waals surface area contributed by atoms with Crippen molar-refractivity contribution in [1.82, 2.24) is 25.1 Å². The number of aryl methyl sites for hydroxylation is 1. The molecule has 3 rings (SSSR count). The predicted molar refractivity (Wildman–Crippen MR) is 97.2 cm³/mol. The summed E-state index contributed by atoms with van der Waals surface area (Å²) in [7, 11) is 0. The number of likely N-dealkylation sites (N-methyl/N-ethyl adjacent to an activating group) is 1. The molecule has 1 aromatic rings. The molecule has 6 nitrogen and oxygen atoms in total. The van der Waals surface area contributed by atoms with Crippen LogP contribution in [0.1, 0.15) is 38.9 Å². The van der Waals surface area contributed by atoms with Crippen LogP contribution in [0.2, 0.25) is 0 Å². The summed E-state index contributed by atoms with van der Waals surface area (Å²) >= 11 is 0. The largest absolute Gasteiger partial charge is 0.355 e. The van der Waals surface area contributed by atoms with E-state index in [1.807, 2.05) is 19.3 Å². The standard InChI is InChI=1S/C17H29N5O.ClH/c1-3-19-16(23)13-22(12-15-20-9-10-21(15)4-2)14-11-17(14)5-7-18-8-6-17;/h9-10,14,18H,3-8,11-13H2,1-2H3,(H,19,23);1H. The number of hydrogen-bond donors (Lipinski definition) is 2. The Morgan fingerprint density at radius 3 is 2.88 bits per heavy atom. The molecule has 1 aromatic heterocycles. The molecule has 7 heteroatoms. The minimum absolute atomic E-state index is 0. The first-order valence-electron chi connectivity index (χ1n) is 8.90. The van der Waals surface area contributed by atoms with Crippen LogP contribution < -0.4 is 10.6 Å². The van der Waals surface area contributed by atoms with E-state index in [1.165, 1.54) is 19.3 Å². The quantitative estimate of drug-likeness (QED) is 0.776. The number of rotatable bonds is 7. The third kappa shape index (κ3) is 4.10. The molecule has 2 fully saturated rings. The number of amides is 1. The van der Waals surface area contributed by atoms with Gasteiger partial charge in [0.1, 0.15) is 5.82 Å². The lowest BCUT2D eigenvalue weighted by molar-refractivity contribution is -0.122. The SMILES string of the molecule is CCNC(=O)CN(Cc1nccn1CC)C1CC12CCNCC2.Cl. The van der Waals surface area contributed by atoms with Crippen LogP contribution in [0.4, 0.5) is 0 Å². The second-order valence-electron chi connectivity index (χ2n) is 6.82. The van der Waals surface area contributed by atoms with Gasteiger partial charge in [0.2, 0.25) is 5.91 Å². The fourth-order valence-corrected chi connectivity index (χ4v) is 3.98. The van der Waals surface area contributed by atoms with Gasteiger partial charge in [-0.1, -0.05) is 0 Å². The molecule has 0 aromatic carbocycles. The van der Waals surface area contributed by atoms with Crippen molar-refractivity contribution in [2.75, 3.05) is 26.2 Å². The highest BCUT2D eigenvalue weighted by molar-refractivity contribution is 5.85. The molecular weight excluding hydrogens is 326 g/mol. The summed E-state index contributed by atoms with van der Waals surface area (Å²) in [5, 5.41) is 6.39. The van der Waals surface area contributed by atoms with Gasteiger partial charge in [-0.2, -0.15) is 0 Å².